The van der Waals surface area contributed by atoms with E-state index in [0.29, 0.717) is 23.8 Å². The fourth-order valence-corrected chi connectivity index (χ4v) is 2.97. The molecule has 22 heavy (non-hydrogen) atoms. The number of hydrogen-bond acceptors (Lipinski definition) is 3. The third-order valence-corrected chi connectivity index (χ3v) is 4.01. The van der Waals surface area contributed by atoms with Crippen molar-refractivity contribution >= 4 is 23.5 Å². The van der Waals surface area contributed by atoms with E-state index in [2.05, 4.69) is 0 Å². The van der Waals surface area contributed by atoms with E-state index >= 15 is 0 Å². The predicted octanol–water partition coefficient (Wildman–Crippen LogP) is 2.73. The summed E-state index contributed by atoms with van der Waals surface area (Å²) in [5.74, 6) is -0.541. The quantitative estimate of drug-likeness (QED) is 0.785. The van der Waals surface area contributed by atoms with Gasteiger partial charge >= 0.3 is 5.97 Å². The molecule has 1 amide bonds. The number of amides is 1. The molecule has 0 N–H and O–H groups in total. The molecule has 1 saturated heterocycles. The normalized spacial score (nSPS) is 22.0. The van der Waals surface area contributed by atoms with E-state index in [0.717, 1.165) is 0 Å². The molecule has 0 aromatic carbocycles. The van der Waals surface area contributed by atoms with Crippen molar-refractivity contribution in [3.8, 4) is 0 Å². The van der Waals surface area contributed by atoms with Gasteiger partial charge in [-0.3, -0.25) is 9.59 Å². The number of ether oxygens (including phenoxy) is 1. The highest BCUT2D eigenvalue weighted by molar-refractivity contribution is 6.31. The zero-order valence-electron chi connectivity index (χ0n) is 13.7. The Bertz CT molecular complexity index is 589. The number of rotatable bonds is 2. The van der Waals surface area contributed by atoms with E-state index in [-0.39, 0.29) is 23.7 Å². The maximum Gasteiger partial charge on any atom is 0.311 e. The molecule has 1 aromatic rings. The number of nitrogens with zero attached hydrogens (tertiary/aromatic N) is 2. The van der Waals surface area contributed by atoms with E-state index in [1.165, 1.54) is 0 Å². The Hall–Kier alpha value is -1.49. The van der Waals surface area contributed by atoms with Crippen LogP contribution in [-0.4, -0.2) is 40.0 Å². The Balaban J connectivity index is 2.09. The minimum absolute atomic E-state index is 0.0783. The second-order valence-electron chi connectivity index (χ2n) is 6.98. The number of halogens is 1. The average Bonchev–Trinajstić information content (AvgIpc) is 2.89. The first-order valence-electron chi connectivity index (χ1n) is 7.42. The first kappa shape index (κ1) is 16.9. The molecule has 0 unspecified atom stereocenters. The van der Waals surface area contributed by atoms with E-state index in [4.69, 9.17) is 16.3 Å². The summed E-state index contributed by atoms with van der Waals surface area (Å²) in [4.78, 5) is 26.5. The van der Waals surface area contributed by atoms with Crippen LogP contribution in [0.15, 0.2) is 12.3 Å². The summed E-state index contributed by atoms with van der Waals surface area (Å²) in [6.45, 7) is 8.45. The molecule has 0 spiro atoms. The zero-order valence-corrected chi connectivity index (χ0v) is 14.5. The molecule has 122 valence electrons. The first-order chi connectivity index (χ1) is 10.1. The Labute approximate surface area is 136 Å². The number of carbonyl (C=O) groups excluding carboxylic acids is 2. The molecule has 5 nitrogen and oxygen atoms in total. The summed E-state index contributed by atoms with van der Waals surface area (Å²) in [7, 11) is 1.78. The second-order valence-corrected chi connectivity index (χ2v) is 7.42. The van der Waals surface area contributed by atoms with Crippen molar-refractivity contribution in [1.82, 2.24) is 9.47 Å². The Morgan fingerprint density at radius 3 is 2.45 bits per heavy atom. The maximum atomic E-state index is 12.6. The fraction of sp³-hybridized carbons (Fsp3) is 0.625. The van der Waals surface area contributed by atoms with E-state index in [1.54, 1.807) is 28.8 Å². The summed E-state index contributed by atoms with van der Waals surface area (Å²) in [5, 5.41) is 0.529. The van der Waals surface area contributed by atoms with Gasteiger partial charge in [-0.25, -0.2) is 0 Å². The van der Waals surface area contributed by atoms with Gasteiger partial charge in [-0.1, -0.05) is 18.5 Å². The SMILES string of the molecule is C[C@H]1CN(C(=O)c2cc(Cl)cn2C)C[C@@H]1C(=O)OC(C)(C)C. The summed E-state index contributed by atoms with van der Waals surface area (Å²) in [6, 6.07) is 1.65. The Kier molecular flexibility index (Phi) is 4.57. The lowest BCUT2D eigenvalue weighted by molar-refractivity contribution is -0.160. The molecule has 6 heteroatoms. The summed E-state index contributed by atoms with van der Waals surface area (Å²) in [6.07, 6.45) is 1.69. The predicted molar refractivity (Wildman–Crippen MR) is 84.8 cm³/mol. The second kappa shape index (κ2) is 5.95. The Morgan fingerprint density at radius 2 is 1.95 bits per heavy atom. The minimum atomic E-state index is -0.514. The molecule has 1 aliphatic rings. The molecule has 2 rings (SSSR count). The van der Waals surface area contributed by atoms with Crippen molar-refractivity contribution in [3.63, 3.8) is 0 Å². The van der Waals surface area contributed by atoms with Crippen molar-refractivity contribution in [2.45, 2.75) is 33.3 Å². The molecular formula is C16H23ClN2O3. The van der Waals surface area contributed by atoms with Crippen LogP contribution in [0, 0.1) is 11.8 Å². The van der Waals surface area contributed by atoms with E-state index in [9.17, 15) is 9.59 Å². The molecular weight excluding hydrogens is 304 g/mol. The lowest BCUT2D eigenvalue weighted by atomic mass is 9.98. The summed E-state index contributed by atoms with van der Waals surface area (Å²) >= 11 is 5.93. The van der Waals surface area contributed by atoms with Crippen molar-refractivity contribution in [3.05, 3.63) is 23.0 Å². The van der Waals surface area contributed by atoms with Crippen LogP contribution in [0.1, 0.15) is 38.2 Å². The molecule has 0 saturated carbocycles. The van der Waals surface area contributed by atoms with Gasteiger partial charge in [0.1, 0.15) is 11.3 Å². The van der Waals surface area contributed by atoms with Crippen molar-refractivity contribution < 1.29 is 14.3 Å². The Morgan fingerprint density at radius 1 is 1.32 bits per heavy atom. The topological polar surface area (TPSA) is 51.5 Å². The number of hydrogen-bond donors (Lipinski definition) is 0. The van der Waals surface area contributed by atoms with Gasteiger partial charge in [0, 0.05) is 26.3 Å². The van der Waals surface area contributed by atoms with Gasteiger partial charge in [0.05, 0.1) is 10.9 Å². The standard InChI is InChI=1S/C16H23ClN2O3/c1-10-7-19(9-12(10)15(21)22-16(2,3)4)14(20)13-6-11(17)8-18(13)5/h6,8,10,12H,7,9H2,1-5H3/t10-,12-/m0/s1. The molecule has 1 aromatic heterocycles. The molecule has 2 heterocycles. The minimum Gasteiger partial charge on any atom is -0.460 e. The molecule has 2 atom stereocenters. The van der Waals surface area contributed by atoms with Crippen LogP contribution in [0.25, 0.3) is 0 Å². The highest BCUT2D eigenvalue weighted by atomic mass is 35.5. The van der Waals surface area contributed by atoms with Gasteiger partial charge in [-0.2, -0.15) is 0 Å². The first-order valence-corrected chi connectivity index (χ1v) is 7.80. The molecule has 0 radical (unpaired) electrons. The van der Waals surface area contributed by atoms with Gasteiger partial charge < -0.3 is 14.2 Å². The third kappa shape index (κ3) is 3.64. The molecule has 1 fully saturated rings. The van der Waals surface area contributed by atoms with Gasteiger partial charge in [0.25, 0.3) is 5.91 Å². The van der Waals surface area contributed by atoms with Crippen LogP contribution < -0.4 is 0 Å². The number of esters is 1. The number of carbonyl (C=O) groups is 2. The number of aromatic nitrogens is 1. The van der Waals surface area contributed by atoms with Crippen LogP contribution >= 0.6 is 11.6 Å². The van der Waals surface area contributed by atoms with E-state index in [1.807, 2.05) is 27.7 Å². The summed E-state index contributed by atoms with van der Waals surface area (Å²) in [5.41, 5.74) is 0.0157. The molecule has 1 aliphatic heterocycles. The lowest BCUT2D eigenvalue weighted by Crippen LogP contribution is -2.33. The highest BCUT2D eigenvalue weighted by Gasteiger charge is 2.39. The smallest absolute Gasteiger partial charge is 0.311 e. The van der Waals surface area contributed by atoms with Crippen LogP contribution in [0.4, 0.5) is 0 Å². The molecule has 0 aliphatic carbocycles. The van der Waals surface area contributed by atoms with Crippen molar-refractivity contribution in [1.29, 1.82) is 0 Å². The van der Waals surface area contributed by atoms with Crippen LogP contribution in [-0.2, 0) is 16.6 Å². The van der Waals surface area contributed by atoms with Crippen LogP contribution in [0.2, 0.25) is 5.02 Å². The number of likely N-dealkylation sites (tertiary alicyclic amines) is 1. The summed E-state index contributed by atoms with van der Waals surface area (Å²) < 4.78 is 7.15. The fourth-order valence-electron chi connectivity index (χ4n) is 2.72. The van der Waals surface area contributed by atoms with Crippen molar-refractivity contribution in [2.75, 3.05) is 13.1 Å². The van der Waals surface area contributed by atoms with E-state index < -0.39 is 5.60 Å². The maximum absolute atomic E-state index is 12.6. The monoisotopic (exact) mass is 326 g/mol. The van der Waals surface area contributed by atoms with Crippen LogP contribution in [0.5, 0.6) is 0 Å². The lowest BCUT2D eigenvalue weighted by Gasteiger charge is -2.23. The van der Waals surface area contributed by atoms with Gasteiger partial charge in [-0.15, -0.1) is 0 Å². The average molecular weight is 327 g/mol. The highest BCUT2D eigenvalue weighted by Crippen LogP contribution is 2.27. The van der Waals surface area contributed by atoms with Gasteiger partial charge in [0.15, 0.2) is 0 Å². The van der Waals surface area contributed by atoms with Crippen LogP contribution in [0.3, 0.4) is 0 Å². The van der Waals surface area contributed by atoms with Gasteiger partial charge in [-0.05, 0) is 32.8 Å². The number of aryl methyl sites for hydroxylation is 1. The van der Waals surface area contributed by atoms with Crippen molar-refractivity contribution in [2.24, 2.45) is 18.9 Å². The molecule has 0 bridgehead atoms. The van der Waals surface area contributed by atoms with Gasteiger partial charge in [0.2, 0.25) is 0 Å². The zero-order chi connectivity index (χ0) is 16.7. The largest absolute Gasteiger partial charge is 0.460 e. The third-order valence-electron chi connectivity index (χ3n) is 3.80.